The molecule has 0 spiro atoms. The monoisotopic (exact) mass is 366 g/mol. The second kappa shape index (κ2) is 10.7. The van der Waals surface area contributed by atoms with E-state index in [1.807, 2.05) is 0 Å². The first-order valence-electron chi connectivity index (χ1n) is 11.5. The van der Waals surface area contributed by atoms with Gasteiger partial charge in [0.05, 0.1) is 6.61 Å². The number of hydrogen-bond donors (Lipinski definition) is 0. The molecule has 1 aliphatic carbocycles. The molecule has 27 heavy (non-hydrogen) atoms. The minimum Gasteiger partial charge on any atom is -0.494 e. The van der Waals surface area contributed by atoms with Gasteiger partial charge in [-0.05, 0) is 72.4 Å². The van der Waals surface area contributed by atoms with E-state index in [2.05, 4.69) is 50.2 Å². The number of hydrogen-bond acceptors (Lipinski definition) is 1. The van der Waals surface area contributed by atoms with Crippen LogP contribution in [0.25, 0.3) is 10.8 Å². The van der Waals surface area contributed by atoms with Gasteiger partial charge in [0, 0.05) is 0 Å². The lowest BCUT2D eigenvalue weighted by atomic mass is 9.77. The normalized spacial score (nSPS) is 20.1. The zero-order valence-corrected chi connectivity index (χ0v) is 17.5. The molecule has 2 aromatic rings. The number of rotatable bonds is 10. The lowest BCUT2D eigenvalue weighted by molar-refractivity contribution is 0.304. The number of unbranched alkanes of at least 4 members (excludes halogenated alkanes) is 4. The fourth-order valence-electron chi connectivity index (χ4n) is 4.58. The van der Waals surface area contributed by atoms with Crippen molar-refractivity contribution >= 4 is 10.8 Å². The highest BCUT2D eigenvalue weighted by Crippen LogP contribution is 2.38. The average molecular weight is 367 g/mol. The van der Waals surface area contributed by atoms with Crippen LogP contribution in [0.4, 0.5) is 0 Å². The summed E-state index contributed by atoms with van der Waals surface area (Å²) < 4.78 is 5.95. The molecule has 0 unspecified atom stereocenters. The van der Waals surface area contributed by atoms with E-state index in [0.717, 1.165) is 30.6 Å². The van der Waals surface area contributed by atoms with Gasteiger partial charge in [-0.25, -0.2) is 0 Å². The first-order valence-corrected chi connectivity index (χ1v) is 11.5. The van der Waals surface area contributed by atoms with Gasteiger partial charge >= 0.3 is 0 Å². The molecule has 0 radical (unpaired) electrons. The smallest absolute Gasteiger partial charge is 0.119 e. The summed E-state index contributed by atoms with van der Waals surface area (Å²) in [4.78, 5) is 0. The van der Waals surface area contributed by atoms with E-state index < -0.39 is 0 Å². The standard InChI is InChI=1S/C26H38O/c1-3-5-7-8-18-27-26-17-16-24-19-23(14-15-25(24)20-26)22-12-10-21(11-13-22)9-6-4-2/h14-17,19-22H,3-13,18H2,1-2H3. The molecule has 0 N–H and O–H groups in total. The summed E-state index contributed by atoms with van der Waals surface area (Å²) in [5.41, 5.74) is 1.55. The Morgan fingerprint density at radius 3 is 2.30 bits per heavy atom. The molecular weight excluding hydrogens is 328 g/mol. The summed E-state index contributed by atoms with van der Waals surface area (Å²) in [5, 5.41) is 2.67. The molecule has 0 heterocycles. The topological polar surface area (TPSA) is 9.23 Å². The maximum atomic E-state index is 5.95. The van der Waals surface area contributed by atoms with Crippen molar-refractivity contribution in [3.05, 3.63) is 42.0 Å². The molecule has 1 heteroatoms. The van der Waals surface area contributed by atoms with Crippen LogP contribution < -0.4 is 4.74 Å². The van der Waals surface area contributed by atoms with Crippen LogP contribution >= 0.6 is 0 Å². The fraction of sp³-hybridized carbons (Fsp3) is 0.615. The van der Waals surface area contributed by atoms with E-state index in [9.17, 15) is 0 Å². The highest BCUT2D eigenvalue weighted by atomic mass is 16.5. The molecule has 2 aromatic carbocycles. The Balaban J connectivity index is 1.55. The van der Waals surface area contributed by atoms with E-state index in [-0.39, 0.29) is 0 Å². The highest BCUT2D eigenvalue weighted by molar-refractivity contribution is 5.84. The summed E-state index contributed by atoms with van der Waals surface area (Å²) in [6.07, 6.45) is 14.8. The summed E-state index contributed by atoms with van der Waals surface area (Å²) in [7, 11) is 0. The van der Waals surface area contributed by atoms with E-state index in [1.54, 1.807) is 5.56 Å². The lowest BCUT2D eigenvalue weighted by Gasteiger charge is -2.29. The third-order valence-electron chi connectivity index (χ3n) is 6.39. The van der Waals surface area contributed by atoms with Crippen LogP contribution in [0, 0.1) is 5.92 Å². The lowest BCUT2D eigenvalue weighted by Crippen LogP contribution is -2.13. The summed E-state index contributed by atoms with van der Waals surface area (Å²) in [6.45, 7) is 5.39. The first-order chi connectivity index (χ1) is 13.3. The van der Waals surface area contributed by atoms with E-state index in [0.29, 0.717) is 0 Å². The molecule has 0 aromatic heterocycles. The molecule has 1 saturated carbocycles. The van der Waals surface area contributed by atoms with Crippen LogP contribution in [0.1, 0.15) is 96.0 Å². The van der Waals surface area contributed by atoms with Crippen molar-refractivity contribution in [1.82, 2.24) is 0 Å². The van der Waals surface area contributed by atoms with Gasteiger partial charge in [-0.1, -0.05) is 76.6 Å². The minimum absolute atomic E-state index is 0.766. The predicted molar refractivity (Wildman–Crippen MR) is 118 cm³/mol. The molecular formula is C26H38O. The van der Waals surface area contributed by atoms with Gasteiger partial charge < -0.3 is 4.74 Å². The van der Waals surface area contributed by atoms with E-state index in [1.165, 1.54) is 75.0 Å². The summed E-state index contributed by atoms with van der Waals surface area (Å²) in [6, 6.07) is 13.7. The van der Waals surface area contributed by atoms with Crippen molar-refractivity contribution in [3.8, 4) is 5.75 Å². The maximum Gasteiger partial charge on any atom is 0.119 e. The minimum atomic E-state index is 0.766. The van der Waals surface area contributed by atoms with E-state index >= 15 is 0 Å². The SMILES string of the molecule is CCCCCCOc1ccc2cc(C3CCC(CCCC)CC3)ccc2c1. The molecule has 0 atom stereocenters. The Bertz CT molecular complexity index is 682. The van der Waals surface area contributed by atoms with Crippen LogP contribution in [0.2, 0.25) is 0 Å². The van der Waals surface area contributed by atoms with Crippen molar-refractivity contribution < 1.29 is 4.74 Å². The van der Waals surface area contributed by atoms with Gasteiger partial charge in [0.1, 0.15) is 5.75 Å². The Kier molecular flexibility index (Phi) is 8.05. The Morgan fingerprint density at radius 2 is 1.52 bits per heavy atom. The molecule has 148 valence electrons. The van der Waals surface area contributed by atoms with Gasteiger partial charge in [-0.15, -0.1) is 0 Å². The molecule has 0 amide bonds. The van der Waals surface area contributed by atoms with Crippen LogP contribution in [0.15, 0.2) is 36.4 Å². The second-order valence-corrected chi connectivity index (χ2v) is 8.54. The number of benzene rings is 2. The van der Waals surface area contributed by atoms with Crippen molar-refractivity contribution in [1.29, 1.82) is 0 Å². The Labute approximate surface area is 166 Å². The summed E-state index contributed by atoms with van der Waals surface area (Å²) in [5.74, 6) is 2.77. The van der Waals surface area contributed by atoms with Crippen molar-refractivity contribution in [2.75, 3.05) is 6.61 Å². The van der Waals surface area contributed by atoms with Gasteiger partial charge in [-0.3, -0.25) is 0 Å². The zero-order chi connectivity index (χ0) is 18.9. The molecule has 1 fully saturated rings. The van der Waals surface area contributed by atoms with Gasteiger partial charge in [0.2, 0.25) is 0 Å². The molecule has 1 aliphatic rings. The van der Waals surface area contributed by atoms with Gasteiger partial charge in [0.25, 0.3) is 0 Å². The van der Waals surface area contributed by atoms with Crippen molar-refractivity contribution in [2.24, 2.45) is 5.92 Å². The highest BCUT2D eigenvalue weighted by Gasteiger charge is 2.22. The number of ether oxygens (including phenoxy) is 1. The zero-order valence-electron chi connectivity index (χ0n) is 17.5. The predicted octanol–water partition coefficient (Wildman–Crippen LogP) is 8.26. The second-order valence-electron chi connectivity index (χ2n) is 8.54. The average Bonchev–Trinajstić information content (AvgIpc) is 2.72. The number of fused-ring (bicyclic) bond motifs is 1. The third kappa shape index (κ3) is 5.99. The quantitative estimate of drug-likeness (QED) is 0.384. The first kappa shape index (κ1) is 20.2. The molecule has 3 rings (SSSR count). The molecule has 0 aliphatic heterocycles. The summed E-state index contributed by atoms with van der Waals surface area (Å²) >= 11 is 0. The van der Waals surface area contributed by atoms with Crippen molar-refractivity contribution in [3.63, 3.8) is 0 Å². The molecule has 1 nitrogen and oxygen atoms in total. The Hall–Kier alpha value is -1.50. The fourth-order valence-corrected chi connectivity index (χ4v) is 4.58. The molecule has 0 saturated heterocycles. The third-order valence-corrected chi connectivity index (χ3v) is 6.39. The largest absolute Gasteiger partial charge is 0.494 e. The maximum absolute atomic E-state index is 5.95. The van der Waals surface area contributed by atoms with Crippen LogP contribution in [0.3, 0.4) is 0 Å². The van der Waals surface area contributed by atoms with Gasteiger partial charge in [0.15, 0.2) is 0 Å². The van der Waals surface area contributed by atoms with Crippen LogP contribution in [-0.4, -0.2) is 6.61 Å². The van der Waals surface area contributed by atoms with Gasteiger partial charge in [-0.2, -0.15) is 0 Å². The Morgan fingerprint density at radius 1 is 0.778 bits per heavy atom. The van der Waals surface area contributed by atoms with Crippen molar-refractivity contribution in [2.45, 2.75) is 90.4 Å². The van der Waals surface area contributed by atoms with Crippen LogP contribution in [0.5, 0.6) is 5.75 Å². The van der Waals surface area contributed by atoms with E-state index in [4.69, 9.17) is 4.74 Å². The van der Waals surface area contributed by atoms with Crippen LogP contribution in [-0.2, 0) is 0 Å². The molecule has 0 bridgehead atoms.